The summed E-state index contributed by atoms with van der Waals surface area (Å²) >= 11 is 6.25. The number of carbonyl (C=O) groups excluding carboxylic acids is 1. The van der Waals surface area contributed by atoms with Gasteiger partial charge in [-0.1, -0.05) is 24.4 Å². The summed E-state index contributed by atoms with van der Waals surface area (Å²) in [6, 6.07) is 6.75. The van der Waals surface area contributed by atoms with E-state index >= 15 is 0 Å². The summed E-state index contributed by atoms with van der Waals surface area (Å²) < 4.78 is 6.38. The van der Waals surface area contributed by atoms with E-state index in [2.05, 4.69) is 9.80 Å². The molecule has 2 saturated heterocycles. The summed E-state index contributed by atoms with van der Waals surface area (Å²) in [4.78, 5) is 18.0. The molecule has 0 aromatic heterocycles. The number of amides is 1. The standard InChI is InChI=1S/C23H31ClN2O2/c24-17-6-8-22(21(14-17)23(27)26-15-16-5-7-19(26)13-16)28-20-9-11-25(12-10-20)18-3-1-2-4-18/h6,8,14,16,18-20H,1-5,7,9-13,15H2/t16-,19-/m0/s1. The first kappa shape index (κ1) is 18.7. The molecule has 0 spiro atoms. The van der Waals surface area contributed by atoms with Gasteiger partial charge in [0.25, 0.3) is 5.91 Å². The average molecular weight is 403 g/mol. The van der Waals surface area contributed by atoms with Crippen molar-refractivity contribution >= 4 is 17.5 Å². The van der Waals surface area contributed by atoms with Gasteiger partial charge in [0.2, 0.25) is 0 Å². The van der Waals surface area contributed by atoms with Crippen molar-refractivity contribution in [3.8, 4) is 5.75 Å². The summed E-state index contributed by atoms with van der Waals surface area (Å²) in [6.07, 6.45) is 11.4. The molecule has 0 unspecified atom stereocenters. The Morgan fingerprint density at radius 1 is 1.00 bits per heavy atom. The highest BCUT2D eigenvalue weighted by Crippen LogP contribution is 2.39. The molecule has 152 valence electrons. The Bertz CT molecular complexity index is 725. The molecule has 1 amide bonds. The predicted molar refractivity (Wildman–Crippen MR) is 111 cm³/mol. The molecule has 1 aromatic rings. The lowest BCUT2D eigenvalue weighted by atomic mass is 10.0. The first-order chi connectivity index (χ1) is 13.7. The monoisotopic (exact) mass is 402 g/mol. The highest BCUT2D eigenvalue weighted by Gasteiger charge is 2.41. The number of fused-ring (bicyclic) bond motifs is 2. The van der Waals surface area contributed by atoms with Crippen molar-refractivity contribution in [3.05, 3.63) is 28.8 Å². The number of hydrogen-bond acceptors (Lipinski definition) is 3. The van der Waals surface area contributed by atoms with Gasteiger partial charge in [0.05, 0.1) is 5.56 Å². The fourth-order valence-corrected chi connectivity index (χ4v) is 6.08. The van der Waals surface area contributed by atoms with Crippen LogP contribution in [0.1, 0.15) is 68.1 Å². The molecule has 28 heavy (non-hydrogen) atoms. The zero-order valence-corrected chi connectivity index (χ0v) is 17.4. The van der Waals surface area contributed by atoms with Crippen molar-refractivity contribution < 1.29 is 9.53 Å². The third kappa shape index (κ3) is 3.66. The zero-order chi connectivity index (χ0) is 19.1. The second kappa shape index (κ2) is 7.87. The molecule has 2 aliphatic heterocycles. The molecule has 2 aliphatic carbocycles. The van der Waals surface area contributed by atoms with Gasteiger partial charge in [-0.25, -0.2) is 0 Å². The van der Waals surface area contributed by atoms with Crippen molar-refractivity contribution in [1.29, 1.82) is 0 Å². The molecule has 5 heteroatoms. The van der Waals surface area contributed by atoms with Crippen molar-refractivity contribution in [2.75, 3.05) is 19.6 Å². The van der Waals surface area contributed by atoms with Crippen LogP contribution in [0.15, 0.2) is 18.2 Å². The second-order valence-electron chi connectivity index (χ2n) is 9.22. The first-order valence-corrected chi connectivity index (χ1v) is 11.6. The number of nitrogens with zero attached hydrogens (tertiary/aromatic N) is 2. The lowest BCUT2D eigenvalue weighted by Crippen LogP contribution is -2.43. The molecule has 2 heterocycles. The maximum atomic E-state index is 13.3. The number of ether oxygens (including phenoxy) is 1. The van der Waals surface area contributed by atoms with Gasteiger partial charge in [-0.2, -0.15) is 0 Å². The van der Waals surface area contributed by atoms with E-state index in [1.807, 2.05) is 12.1 Å². The van der Waals surface area contributed by atoms with Crippen LogP contribution in [0, 0.1) is 5.92 Å². The minimum atomic E-state index is 0.105. The number of halogens is 1. The van der Waals surface area contributed by atoms with E-state index in [0.29, 0.717) is 22.5 Å². The van der Waals surface area contributed by atoms with Crippen LogP contribution in [0.5, 0.6) is 5.75 Å². The molecule has 4 fully saturated rings. The number of likely N-dealkylation sites (tertiary alicyclic amines) is 2. The summed E-state index contributed by atoms with van der Waals surface area (Å²) in [5.41, 5.74) is 0.651. The van der Waals surface area contributed by atoms with Crippen LogP contribution in [-0.2, 0) is 0 Å². The molecule has 2 saturated carbocycles. The predicted octanol–water partition coefficient (Wildman–Crippen LogP) is 4.75. The van der Waals surface area contributed by atoms with E-state index in [1.54, 1.807) is 6.07 Å². The minimum Gasteiger partial charge on any atom is -0.489 e. The van der Waals surface area contributed by atoms with Crippen LogP contribution < -0.4 is 4.74 Å². The maximum absolute atomic E-state index is 13.3. The number of piperidine rings is 2. The van der Waals surface area contributed by atoms with Gasteiger partial charge < -0.3 is 14.5 Å². The highest BCUT2D eigenvalue weighted by molar-refractivity contribution is 6.31. The van der Waals surface area contributed by atoms with E-state index < -0.39 is 0 Å². The smallest absolute Gasteiger partial charge is 0.257 e. The average Bonchev–Trinajstić information content (AvgIpc) is 3.47. The van der Waals surface area contributed by atoms with Crippen LogP contribution >= 0.6 is 11.6 Å². The second-order valence-corrected chi connectivity index (χ2v) is 9.66. The summed E-state index contributed by atoms with van der Waals surface area (Å²) in [5.74, 6) is 1.52. The van der Waals surface area contributed by atoms with E-state index in [1.165, 1.54) is 38.5 Å². The third-order valence-electron chi connectivity index (χ3n) is 7.45. The van der Waals surface area contributed by atoms with Crippen molar-refractivity contribution in [1.82, 2.24) is 9.80 Å². The summed E-state index contributed by atoms with van der Waals surface area (Å²) in [7, 11) is 0. The number of benzene rings is 1. The quantitative estimate of drug-likeness (QED) is 0.728. The van der Waals surface area contributed by atoms with Crippen LogP contribution in [0.4, 0.5) is 0 Å². The summed E-state index contributed by atoms with van der Waals surface area (Å²) in [5, 5.41) is 0.608. The van der Waals surface area contributed by atoms with E-state index in [9.17, 15) is 4.79 Å². The van der Waals surface area contributed by atoms with Gasteiger partial charge in [0, 0.05) is 36.7 Å². The first-order valence-electron chi connectivity index (χ1n) is 11.2. The Labute approximate surface area is 173 Å². The van der Waals surface area contributed by atoms with E-state index in [4.69, 9.17) is 16.3 Å². The maximum Gasteiger partial charge on any atom is 0.257 e. The molecular weight excluding hydrogens is 372 g/mol. The Morgan fingerprint density at radius 2 is 1.79 bits per heavy atom. The van der Waals surface area contributed by atoms with E-state index in [-0.39, 0.29) is 12.0 Å². The Morgan fingerprint density at radius 3 is 2.46 bits per heavy atom. The molecule has 2 atom stereocenters. The van der Waals surface area contributed by atoms with Crippen molar-refractivity contribution in [2.24, 2.45) is 5.92 Å². The Balaban J connectivity index is 1.26. The lowest BCUT2D eigenvalue weighted by Gasteiger charge is -2.36. The molecule has 2 bridgehead atoms. The Kier molecular flexibility index (Phi) is 5.27. The molecule has 1 aromatic carbocycles. The van der Waals surface area contributed by atoms with Crippen LogP contribution in [0.25, 0.3) is 0 Å². The van der Waals surface area contributed by atoms with Crippen LogP contribution in [0.2, 0.25) is 5.02 Å². The molecule has 4 nitrogen and oxygen atoms in total. The largest absolute Gasteiger partial charge is 0.489 e. The van der Waals surface area contributed by atoms with Gasteiger partial charge in [0.1, 0.15) is 11.9 Å². The van der Waals surface area contributed by atoms with Gasteiger partial charge in [-0.3, -0.25) is 4.79 Å². The zero-order valence-electron chi connectivity index (χ0n) is 16.6. The topological polar surface area (TPSA) is 32.8 Å². The highest BCUT2D eigenvalue weighted by atomic mass is 35.5. The minimum absolute atomic E-state index is 0.105. The molecular formula is C23H31ClN2O2. The van der Waals surface area contributed by atoms with Gasteiger partial charge in [-0.15, -0.1) is 0 Å². The van der Waals surface area contributed by atoms with E-state index in [0.717, 1.165) is 50.7 Å². The molecule has 0 radical (unpaired) electrons. The number of rotatable bonds is 4. The van der Waals surface area contributed by atoms with Crippen LogP contribution in [-0.4, -0.2) is 53.5 Å². The molecule has 4 aliphatic rings. The third-order valence-corrected chi connectivity index (χ3v) is 7.69. The van der Waals surface area contributed by atoms with Gasteiger partial charge >= 0.3 is 0 Å². The summed E-state index contributed by atoms with van der Waals surface area (Å²) in [6.45, 7) is 3.12. The molecule has 0 N–H and O–H groups in total. The fourth-order valence-electron chi connectivity index (χ4n) is 5.91. The lowest BCUT2D eigenvalue weighted by molar-refractivity contribution is 0.0660. The number of carbonyl (C=O) groups is 1. The van der Waals surface area contributed by atoms with Crippen LogP contribution in [0.3, 0.4) is 0 Å². The van der Waals surface area contributed by atoms with Gasteiger partial charge in [0.15, 0.2) is 0 Å². The molecule has 5 rings (SSSR count). The number of hydrogen-bond donors (Lipinski definition) is 0. The van der Waals surface area contributed by atoms with Gasteiger partial charge in [-0.05, 0) is 69.1 Å². The fraction of sp³-hybridized carbons (Fsp3) is 0.696. The normalized spacial score (nSPS) is 29.0. The SMILES string of the molecule is O=C(c1cc(Cl)ccc1OC1CCN(C2CCCC2)CC1)N1C[C@H]2CC[C@H]1C2. The van der Waals surface area contributed by atoms with Crippen molar-refractivity contribution in [2.45, 2.75) is 76.0 Å². The Hall–Kier alpha value is -1.26. The van der Waals surface area contributed by atoms with Crippen molar-refractivity contribution in [3.63, 3.8) is 0 Å².